The van der Waals surface area contributed by atoms with Gasteiger partial charge in [-0.1, -0.05) is 6.58 Å². The highest BCUT2D eigenvalue weighted by Crippen LogP contribution is 2.17. The molecule has 0 fully saturated rings. The quantitative estimate of drug-likeness (QED) is 0.335. The van der Waals surface area contributed by atoms with Crippen LogP contribution in [-0.2, 0) is 0 Å². The molecule has 0 heterocycles. The Labute approximate surface area is 89.1 Å². The van der Waals surface area contributed by atoms with E-state index < -0.39 is 7.25 Å². The molecule has 0 saturated heterocycles. The fourth-order valence-electron chi connectivity index (χ4n) is 0.688. The number of hydrogen-bond acceptors (Lipinski definition) is 2. The Morgan fingerprint density at radius 3 is 1.94 bits per heavy atom. The van der Waals surface area contributed by atoms with Gasteiger partial charge >= 0.3 is 12.9 Å². The molecule has 0 aliphatic rings. The molecular weight excluding hydrogens is 227 g/mol. The molecule has 16 heavy (non-hydrogen) atoms. The third-order valence-electron chi connectivity index (χ3n) is 1.17. The van der Waals surface area contributed by atoms with Crippen LogP contribution in [0.5, 0.6) is 5.75 Å². The third kappa shape index (κ3) is 8.56. The van der Waals surface area contributed by atoms with Gasteiger partial charge in [0.1, 0.15) is 5.75 Å². The van der Waals surface area contributed by atoms with E-state index in [9.17, 15) is 17.3 Å². The van der Waals surface area contributed by atoms with E-state index >= 15 is 0 Å². The molecule has 3 nitrogen and oxygen atoms in total. The molecule has 0 aliphatic heterocycles. The van der Waals surface area contributed by atoms with Gasteiger partial charge in [-0.3, -0.25) is 0 Å². The van der Waals surface area contributed by atoms with Crippen LogP contribution in [0.4, 0.5) is 23.0 Å². The number of rotatable bonds is 2. The SMILES string of the molecule is C=COc1ccc([N+]#N)cc1.F[B-](F)(F)F. The van der Waals surface area contributed by atoms with Gasteiger partial charge in [0.15, 0.2) is 4.98 Å². The van der Waals surface area contributed by atoms with Crippen LogP contribution in [0.2, 0.25) is 0 Å². The number of ether oxygens (including phenoxy) is 1. The van der Waals surface area contributed by atoms with E-state index in [1.54, 1.807) is 24.3 Å². The fourth-order valence-corrected chi connectivity index (χ4v) is 0.688. The van der Waals surface area contributed by atoms with Crippen LogP contribution in [0.3, 0.4) is 0 Å². The summed E-state index contributed by atoms with van der Waals surface area (Å²) in [6, 6.07) is 6.66. The van der Waals surface area contributed by atoms with Crippen LogP contribution in [0.15, 0.2) is 37.1 Å². The lowest BCUT2D eigenvalue weighted by Gasteiger charge is -1.94. The molecule has 0 aromatic heterocycles. The molecule has 1 aromatic carbocycles. The van der Waals surface area contributed by atoms with Gasteiger partial charge in [-0.25, -0.2) is 0 Å². The minimum Gasteiger partial charge on any atom is -0.466 e. The number of halogens is 4. The smallest absolute Gasteiger partial charge is 0.466 e. The summed E-state index contributed by atoms with van der Waals surface area (Å²) in [7, 11) is -6.00. The van der Waals surface area contributed by atoms with Crippen molar-refractivity contribution in [1.29, 1.82) is 5.39 Å². The predicted octanol–water partition coefficient (Wildman–Crippen LogP) is 3.99. The van der Waals surface area contributed by atoms with E-state index in [4.69, 9.17) is 10.1 Å². The molecule has 0 bridgehead atoms. The molecule has 0 amide bonds. The van der Waals surface area contributed by atoms with E-state index in [1.165, 1.54) is 6.26 Å². The van der Waals surface area contributed by atoms with Crippen molar-refractivity contribution in [1.82, 2.24) is 0 Å². The average Bonchev–Trinajstić information content (AvgIpc) is 2.17. The van der Waals surface area contributed by atoms with Crippen molar-refractivity contribution >= 4 is 12.9 Å². The lowest BCUT2D eigenvalue weighted by molar-refractivity contribution is 0.368. The van der Waals surface area contributed by atoms with Crippen LogP contribution < -0.4 is 4.74 Å². The highest BCUT2D eigenvalue weighted by atomic mass is 19.5. The average molecular weight is 234 g/mol. The minimum atomic E-state index is -6.00. The Hall–Kier alpha value is -2.04. The van der Waals surface area contributed by atoms with Crippen LogP contribution in [-0.4, -0.2) is 7.25 Å². The molecule has 0 saturated carbocycles. The Balaban J connectivity index is 0.000000385. The summed E-state index contributed by atoms with van der Waals surface area (Å²) in [4.78, 5) is 2.99. The maximum Gasteiger partial charge on any atom is 0.673 e. The van der Waals surface area contributed by atoms with Crippen molar-refractivity contribution in [3.8, 4) is 5.75 Å². The van der Waals surface area contributed by atoms with Crippen LogP contribution in [0, 0.1) is 5.39 Å². The predicted molar refractivity (Wildman–Crippen MR) is 52.2 cm³/mol. The van der Waals surface area contributed by atoms with Gasteiger partial charge < -0.3 is 22.0 Å². The molecule has 0 unspecified atom stereocenters. The third-order valence-corrected chi connectivity index (χ3v) is 1.17. The molecule has 0 aliphatic carbocycles. The Morgan fingerprint density at radius 1 is 1.19 bits per heavy atom. The van der Waals surface area contributed by atoms with Crippen LogP contribution in [0.1, 0.15) is 0 Å². The van der Waals surface area contributed by atoms with E-state index in [-0.39, 0.29) is 0 Å². The van der Waals surface area contributed by atoms with Crippen LogP contribution >= 0.6 is 0 Å². The molecule has 1 aromatic rings. The van der Waals surface area contributed by atoms with Gasteiger partial charge in [0.2, 0.25) is 5.39 Å². The highest BCUT2D eigenvalue weighted by Gasteiger charge is 2.20. The van der Waals surface area contributed by atoms with Gasteiger partial charge in [0.25, 0.3) is 0 Å². The zero-order valence-corrected chi connectivity index (χ0v) is 7.99. The monoisotopic (exact) mass is 234 g/mol. The van der Waals surface area contributed by atoms with Crippen molar-refractivity contribution < 1.29 is 22.0 Å². The van der Waals surface area contributed by atoms with Crippen LogP contribution in [0.25, 0.3) is 4.98 Å². The van der Waals surface area contributed by atoms with Crippen molar-refractivity contribution in [2.45, 2.75) is 0 Å². The van der Waals surface area contributed by atoms with E-state index in [1.807, 2.05) is 0 Å². The molecule has 0 spiro atoms. The van der Waals surface area contributed by atoms with Gasteiger partial charge in [-0.15, -0.1) is 0 Å². The molecule has 1 rings (SSSR count). The molecule has 0 N–H and O–H groups in total. The summed E-state index contributed by atoms with van der Waals surface area (Å²) in [6.45, 7) is 3.40. The normalized spacial score (nSPS) is 9.44. The van der Waals surface area contributed by atoms with Crippen molar-refractivity contribution in [2.75, 3.05) is 0 Å². The zero-order valence-electron chi connectivity index (χ0n) is 7.99. The second kappa shape index (κ2) is 6.45. The second-order valence-electron chi connectivity index (χ2n) is 2.37. The van der Waals surface area contributed by atoms with Gasteiger partial charge in [-0.2, -0.15) is 0 Å². The number of nitrogens with zero attached hydrogens (tertiary/aromatic N) is 2. The van der Waals surface area contributed by atoms with Gasteiger partial charge in [0, 0.05) is 12.1 Å². The summed E-state index contributed by atoms with van der Waals surface area (Å²) >= 11 is 0. The largest absolute Gasteiger partial charge is 0.673 e. The first-order chi connectivity index (χ1) is 7.36. The first-order valence-electron chi connectivity index (χ1n) is 3.97. The summed E-state index contributed by atoms with van der Waals surface area (Å²) in [5.74, 6) is 0.674. The molecular formula is C8H7BF4N2O. The van der Waals surface area contributed by atoms with E-state index in [2.05, 4.69) is 11.6 Å². The summed E-state index contributed by atoms with van der Waals surface area (Å²) in [6.07, 6.45) is 1.34. The van der Waals surface area contributed by atoms with E-state index in [0.29, 0.717) is 11.4 Å². The molecule has 0 radical (unpaired) electrons. The topological polar surface area (TPSA) is 37.4 Å². The minimum absolute atomic E-state index is 0.501. The maximum absolute atomic E-state index is 9.75. The second-order valence-corrected chi connectivity index (χ2v) is 2.37. The number of benzene rings is 1. The van der Waals surface area contributed by atoms with E-state index in [0.717, 1.165) is 0 Å². The standard InChI is InChI=1S/C8H7N2O.BF4/c1-2-11-8-5-3-7(10-9)4-6-8;2-1(3,4)5/h2-6H,1H2;/q+1;-1. The van der Waals surface area contributed by atoms with Gasteiger partial charge in [0.05, 0.1) is 6.26 Å². The summed E-state index contributed by atoms with van der Waals surface area (Å²) in [5.41, 5.74) is 0.501. The first kappa shape index (κ1) is 14.0. The molecule has 8 heteroatoms. The Kier molecular flexibility index (Phi) is 5.63. The Morgan fingerprint density at radius 2 is 1.62 bits per heavy atom. The van der Waals surface area contributed by atoms with Crippen molar-refractivity contribution in [2.24, 2.45) is 0 Å². The Bertz CT molecular complexity index is 365. The van der Waals surface area contributed by atoms with Crippen molar-refractivity contribution in [3.05, 3.63) is 42.1 Å². The lowest BCUT2D eigenvalue weighted by Crippen LogP contribution is -2.02. The first-order valence-corrected chi connectivity index (χ1v) is 3.97. The fraction of sp³-hybridized carbons (Fsp3) is 0. The maximum atomic E-state index is 9.75. The summed E-state index contributed by atoms with van der Waals surface area (Å²) < 4.78 is 43.9. The molecule has 86 valence electrons. The number of hydrogen-bond donors (Lipinski definition) is 0. The van der Waals surface area contributed by atoms with Crippen molar-refractivity contribution in [3.63, 3.8) is 0 Å². The highest BCUT2D eigenvalue weighted by molar-refractivity contribution is 6.50. The number of diazo groups is 1. The molecule has 0 atom stereocenters. The lowest BCUT2D eigenvalue weighted by atomic mass is 10.3. The van der Waals surface area contributed by atoms with Gasteiger partial charge in [-0.05, 0) is 12.1 Å². The summed E-state index contributed by atoms with van der Waals surface area (Å²) in [5, 5.41) is 8.32. The zero-order chi connectivity index (χ0) is 12.6.